The van der Waals surface area contributed by atoms with Crippen molar-refractivity contribution < 1.29 is 14.6 Å². The first-order chi connectivity index (χ1) is 16.0. The van der Waals surface area contributed by atoms with Gasteiger partial charge in [-0.15, -0.1) is 0 Å². The van der Waals surface area contributed by atoms with Gasteiger partial charge in [0, 0.05) is 34.7 Å². The Morgan fingerprint density at radius 3 is 2.48 bits per heavy atom. The van der Waals surface area contributed by atoms with E-state index in [1.807, 2.05) is 72.8 Å². The van der Waals surface area contributed by atoms with Crippen LogP contribution < -0.4 is 5.32 Å². The van der Waals surface area contributed by atoms with Crippen molar-refractivity contribution >= 4 is 35.0 Å². The fourth-order valence-corrected chi connectivity index (χ4v) is 4.56. The number of anilines is 1. The first-order valence-corrected chi connectivity index (χ1v) is 11.7. The van der Waals surface area contributed by atoms with Crippen LogP contribution in [0.25, 0.3) is 0 Å². The van der Waals surface area contributed by atoms with E-state index in [-0.39, 0.29) is 24.7 Å². The van der Waals surface area contributed by atoms with Crippen LogP contribution >= 0.6 is 23.2 Å². The molecule has 1 saturated heterocycles. The van der Waals surface area contributed by atoms with E-state index in [0.29, 0.717) is 29.6 Å². The Balaban J connectivity index is 1.53. The predicted octanol–water partition coefficient (Wildman–Crippen LogP) is 6.17. The standard InChI is InChI=1S/C26H26Cl2N2O3/c27-20-9-4-8-19(14-20)25(29-22-11-5-10-21(28)15-22)23-16-30(13-12-24(23)31)26(32)33-17-18-6-2-1-3-7-18/h1-11,14-15,23-25,29,31H,12-13,16-17H2/t23-,24-,25-/m1/s1. The Bertz CT molecular complexity index is 1080. The lowest BCUT2D eigenvalue weighted by atomic mass is 9.84. The molecule has 33 heavy (non-hydrogen) atoms. The van der Waals surface area contributed by atoms with E-state index in [0.717, 1.165) is 16.8 Å². The number of piperidine rings is 1. The number of hydrogen-bond donors (Lipinski definition) is 2. The molecule has 0 radical (unpaired) electrons. The molecule has 3 atom stereocenters. The highest BCUT2D eigenvalue weighted by molar-refractivity contribution is 6.31. The van der Waals surface area contributed by atoms with Crippen molar-refractivity contribution in [3.63, 3.8) is 0 Å². The SMILES string of the molecule is O=C(OCc1ccccc1)N1CC[C@@H](O)[C@H]([C@H](Nc2cccc(Cl)c2)c2cccc(Cl)c2)C1. The molecule has 3 aromatic carbocycles. The number of ether oxygens (including phenoxy) is 1. The number of halogens is 2. The minimum absolute atomic E-state index is 0.210. The predicted molar refractivity (Wildman–Crippen MR) is 132 cm³/mol. The second-order valence-electron chi connectivity index (χ2n) is 8.19. The van der Waals surface area contributed by atoms with Crippen molar-refractivity contribution in [3.8, 4) is 0 Å². The van der Waals surface area contributed by atoms with Crippen LogP contribution in [0.4, 0.5) is 10.5 Å². The van der Waals surface area contributed by atoms with Crippen LogP contribution in [-0.2, 0) is 11.3 Å². The molecule has 0 saturated carbocycles. The fourth-order valence-electron chi connectivity index (χ4n) is 4.17. The number of carbonyl (C=O) groups is 1. The summed E-state index contributed by atoms with van der Waals surface area (Å²) in [5, 5.41) is 15.6. The van der Waals surface area contributed by atoms with E-state index in [1.165, 1.54) is 0 Å². The maximum absolute atomic E-state index is 12.8. The van der Waals surface area contributed by atoms with Crippen LogP contribution in [0.5, 0.6) is 0 Å². The van der Waals surface area contributed by atoms with Gasteiger partial charge in [-0.25, -0.2) is 4.79 Å². The first kappa shape index (κ1) is 23.4. The minimum atomic E-state index is -0.598. The van der Waals surface area contributed by atoms with Gasteiger partial charge in [0.15, 0.2) is 0 Å². The molecule has 0 aromatic heterocycles. The van der Waals surface area contributed by atoms with Crippen molar-refractivity contribution in [2.75, 3.05) is 18.4 Å². The molecule has 1 heterocycles. The molecule has 0 unspecified atom stereocenters. The third-order valence-electron chi connectivity index (χ3n) is 5.87. The zero-order chi connectivity index (χ0) is 23.2. The molecule has 3 aromatic rings. The Hall–Kier alpha value is -2.73. The molecule has 0 spiro atoms. The molecule has 1 aliphatic heterocycles. The summed E-state index contributed by atoms with van der Waals surface area (Å²) in [7, 11) is 0. The molecule has 172 valence electrons. The molecule has 7 heteroatoms. The van der Waals surface area contributed by atoms with E-state index < -0.39 is 6.10 Å². The molecule has 4 rings (SSSR count). The largest absolute Gasteiger partial charge is 0.445 e. The van der Waals surface area contributed by atoms with Crippen LogP contribution in [0.3, 0.4) is 0 Å². The van der Waals surface area contributed by atoms with Crippen LogP contribution in [0.1, 0.15) is 23.6 Å². The summed E-state index contributed by atoms with van der Waals surface area (Å²) < 4.78 is 5.54. The molecule has 5 nitrogen and oxygen atoms in total. The summed E-state index contributed by atoms with van der Waals surface area (Å²) >= 11 is 12.5. The van der Waals surface area contributed by atoms with Crippen molar-refractivity contribution in [3.05, 3.63) is 100 Å². The lowest BCUT2D eigenvalue weighted by Gasteiger charge is -2.40. The lowest BCUT2D eigenvalue weighted by Crippen LogP contribution is -2.49. The maximum Gasteiger partial charge on any atom is 0.410 e. The molecule has 0 aliphatic carbocycles. The number of likely N-dealkylation sites (tertiary alicyclic amines) is 1. The van der Waals surface area contributed by atoms with Gasteiger partial charge < -0.3 is 20.1 Å². The van der Waals surface area contributed by atoms with E-state index >= 15 is 0 Å². The zero-order valence-electron chi connectivity index (χ0n) is 18.0. The van der Waals surface area contributed by atoms with Gasteiger partial charge in [0.05, 0.1) is 12.1 Å². The quantitative estimate of drug-likeness (QED) is 0.439. The van der Waals surface area contributed by atoms with Crippen molar-refractivity contribution in [2.24, 2.45) is 5.92 Å². The van der Waals surface area contributed by atoms with Crippen molar-refractivity contribution in [1.82, 2.24) is 4.90 Å². The van der Waals surface area contributed by atoms with Gasteiger partial charge >= 0.3 is 6.09 Å². The number of carbonyl (C=O) groups excluding carboxylic acids is 1. The average molecular weight is 485 g/mol. The molecule has 2 N–H and O–H groups in total. The molecule has 0 bridgehead atoms. The highest BCUT2D eigenvalue weighted by atomic mass is 35.5. The monoisotopic (exact) mass is 484 g/mol. The Kier molecular flexibility index (Phi) is 7.76. The number of aliphatic hydroxyl groups excluding tert-OH is 1. The summed E-state index contributed by atoms with van der Waals surface area (Å²) in [5.41, 5.74) is 2.67. The Morgan fingerprint density at radius 2 is 1.76 bits per heavy atom. The highest BCUT2D eigenvalue weighted by Crippen LogP contribution is 2.35. The molecular formula is C26H26Cl2N2O3. The molecular weight excluding hydrogens is 459 g/mol. The van der Waals surface area contributed by atoms with Gasteiger partial charge in [-0.2, -0.15) is 0 Å². The molecule has 1 amide bonds. The normalized spacial score (nSPS) is 19.1. The molecule has 1 aliphatic rings. The van der Waals surface area contributed by atoms with E-state index in [2.05, 4.69) is 5.32 Å². The number of amides is 1. The van der Waals surface area contributed by atoms with E-state index in [4.69, 9.17) is 27.9 Å². The lowest BCUT2D eigenvalue weighted by molar-refractivity contribution is 0.0117. The number of rotatable bonds is 6. The zero-order valence-corrected chi connectivity index (χ0v) is 19.5. The summed E-state index contributed by atoms with van der Waals surface area (Å²) in [5.74, 6) is -0.277. The number of benzene rings is 3. The average Bonchev–Trinajstić information content (AvgIpc) is 2.82. The van der Waals surface area contributed by atoms with Crippen molar-refractivity contribution in [2.45, 2.75) is 25.2 Å². The van der Waals surface area contributed by atoms with E-state index in [1.54, 1.807) is 11.0 Å². The first-order valence-electron chi connectivity index (χ1n) is 10.9. The number of nitrogens with one attached hydrogen (secondary N) is 1. The summed E-state index contributed by atoms with van der Waals surface area (Å²) in [6.45, 7) is 0.992. The van der Waals surface area contributed by atoms with Gasteiger partial charge in [-0.3, -0.25) is 0 Å². The van der Waals surface area contributed by atoms with Gasteiger partial charge in [0.2, 0.25) is 0 Å². The summed E-state index contributed by atoms with van der Waals surface area (Å²) in [6, 6.07) is 24.2. The van der Waals surface area contributed by atoms with Gasteiger partial charge in [0.25, 0.3) is 0 Å². The summed E-state index contributed by atoms with van der Waals surface area (Å²) in [4.78, 5) is 14.5. The van der Waals surface area contributed by atoms with Crippen molar-refractivity contribution in [1.29, 1.82) is 0 Å². The van der Waals surface area contributed by atoms with Crippen LogP contribution in [0.15, 0.2) is 78.9 Å². The molecule has 1 fully saturated rings. The number of hydrogen-bond acceptors (Lipinski definition) is 4. The second-order valence-corrected chi connectivity index (χ2v) is 9.07. The van der Waals surface area contributed by atoms with E-state index in [9.17, 15) is 9.90 Å². The van der Waals surface area contributed by atoms with Gasteiger partial charge in [-0.1, -0.05) is 71.7 Å². The highest BCUT2D eigenvalue weighted by Gasteiger charge is 2.37. The van der Waals surface area contributed by atoms with Crippen LogP contribution in [0.2, 0.25) is 10.0 Å². The second kappa shape index (κ2) is 10.9. The minimum Gasteiger partial charge on any atom is -0.445 e. The number of nitrogens with zero attached hydrogens (tertiary/aromatic N) is 1. The summed E-state index contributed by atoms with van der Waals surface area (Å²) in [6.07, 6.45) is -0.526. The number of aliphatic hydroxyl groups is 1. The maximum atomic E-state index is 12.8. The van der Waals surface area contributed by atoms with Gasteiger partial charge in [-0.05, 0) is 47.9 Å². The van der Waals surface area contributed by atoms with Crippen LogP contribution in [-0.4, -0.2) is 35.3 Å². The Labute approximate surface area is 203 Å². The van der Waals surface area contributed by atoms with Crippen LogP contribution in [0, 0.1) is 5.92 Å². The smallest absolute Gasteiger partial charge is 0.410 e. The van der Waals surface area contributed by atoms with Gasteiger partial charge in [0.1, 0.15) is 6.61 Å². The Morgan fingerprint density at radius 1 is 1.03 bits per heavy atom. The third kappa shape index (κ3) is 6.20. The third-order valence-corrected chi connectivity index (χ3v) is 6.34. The topological polar surface area (TPSA) is 61.8 Å². The fraction of sp³-hybridized carbons (Fsp3) is 0.269.